The first-order chi connectivity index (χ1) is 12.1. The molecule has 0 spiro atoms. The average molecular weight is 336 g/mol. The Morgan fingerprint density at radius 3 is 2.44 bits per heavy atom. The molecule has 0 radical (unpaired) electrons. The number of ether oxygens (including phenoxy) is 2. The van der Waals surface area contributed by atoms with Crippen LogP contribution in [0.2, 0.25) is 0 Å². The largest absolute Gasteiger partial charge is 0.493 e. The summed E-state index contributed by atoms with van der Waals surface area (Å²) in [5.74, 6) is 0.567. The number of nitrogens with one attached hydrogen (secondary N) is 1. The highest BCUT2D eigenvalue weighted by molar-refractivity contribution is 6.02. The van der Waals surface area contributed by atoms with Crippen LogP contribution in [-0.2, 0) is 4.79 Å². The zero-order chi connectivity index (χ0) is 18.2. The van der Waals surface area contributed by atoms with Gasteiger partial charge in [0, 0.05) is 5.56 Å². The molecule has 0 unspecified atom stereocenters. The number of hydrogen-bond acceptors (Lipinski definition) is 4. The lowest BCUT2D eigenvalue weighted by atomic mass is 10.1. The van der Waals surface area contributed by atoms with E-state index in [-0.39, 0.29) is 11.6 Å². The van der Waals surface area contributed by atoms with E-state index in [0.717, 1.165) is 5.56 Å². The first-order valence-electron chi connectivity index (χ1n) is 7.79. The number of amides is 1. The number of methoxy groups -OCH3 is 2. The molecule has 2 rings (SSSR count). The van der Waals surface area contributed by atoms with Crippen molar-refractivity contribution < 1.29 is 14.3 Å². The van der Waals surface area contributed by atoms with Crippen LogP contribution in [-0.4, -0.2) is 20.1 Å². The van der Waals surface area contributed by atoms with Crippen molar-refractivity contribution in [3.8, 4) is 17.6 Å². The fourth-order valence-corrected chi connectivity index (χ4v) is 2.43. The molecule has 5 heteroatoms. The molecule has 0 aromatic heterocycles. The minimum absolute atomic E-state index is 0.00525. The van der Waals surface area contributed by atoms with Crippen LogP contribution in [0.5, 0.6) is 11.5 Å². The summed E-state index contributed by atoms with van der Waals surface area (Å²) in [6.07, 6.45) is 1.49. The van der Waals surface area contributed by atoms with Gasteiger partial charge in [-0.2, -0.15) is 5.26 Å². The van der Waals surface area contributed by atoms with E-state index in [1.165, 1.54) is 20.3 Å². The lowest BCUT2D eigenvalue weighted by Gasteiger charge is -2.14. The normalized spacial score (nSPS) is 12.0. The Labute approximate surface area is 147 Å². The number of hydrogen-bond donors (Lipinski definition) is 1. The molecule has 0 fully saturated rings. The fraction of sp³-hybridized carbons (Fsp3) is 0.200. The van der Waals surface area contributed by atoms with E-state index in [2.05, 4.69) is 5.32 Å². The fourth-order valence-electron chi connectivity index (χ4n) is 2.43. The quantitative estimate of drug-likeness (QED) is 0.647. The molecule has 5 nitrogen and oxygen atoms in total. The zero-order valence-electron chi connectivity index (χ0n) is 14.4. The molecule has 1 amide bonds. The van der Waals surface area contributed by atoms with Gasteiger partial charge in [-0.25, -0.2) is 0 Å². The summed E-state index contributed by atoms with van der Waals surface area (Å²) in [4.78, 5) is 12.4. The van der Waals surface area contributed by atoms with Crippen LogP contribution in [0.25, 0.3) is 6.08 Å². The predicted molar refractivity (Wildman–Crippen MR) is 96.1 cm³/mol. The van der Waals surface area contributed by atoms with Crippen LogP contribution in [0, 0.1) is 11.3 Å². The number of benzene rings is 2. The summed E-state index contributed by atoms with van der Waals surface area (Å²) in [7, 11) is 3.05. The van der Waals surface area contributed by atoms with Gasteiger partial charge in [0.15, 0.2) is 11.5 Å². The maximum absolute atomic E-state index is 12.4. The van der Waals surface area contributed by atoms with Crippen LogP contribution >= 0.6 is 0 Å². The summed E-state index contributed by atoms with van der Waals surface area (Å²) in [5.41, 5.74) is 1.56. The van der Waals surface area contributed by atoms with Gasteiger partial charge < -0.3 is 14.8 Å². The standard InChI is InChI=1S/C20H20N2O3/c1-14(15-8-5-4-6-9-15)22-20(23)17(13-21)12-16-10-7-11-18(24-2)19(16)25-3/h4-12,14H,1-3H3,(H,22,23)/b17-12+/t14-/m1/s1. The Morgan fingerprint density at radius 1 is 1.12 bits per heavy atom. The van der Waals surface area contributed by atoms with Crippen molar-refractivity contribution in [2.45, 2.75) is 13.0 Å². The van der Waals surface area contributed by atoms with E-state index in [0.29, 0.717) is 17.1 Å². The first kappa shape index (κ1) is 18.1. The average Bonchev–Trinajstić information content (AvgIpc) is 2.66. The van der Waals surface area contributed by atoms with Crippen molar-refractivity contribution in [3.63, 3.8) is 0 Å². The molecule has 0 saturated carbocycles. The highest BCUT2D eigenvalue weighted by Gasteiger charge is 2.15. The van der Waals surface area contributed by atoms with Crippen molar-refractivity contribution in [1.82, 2.24) is 5.32 Å². The minimum atomic E-state index is -0.441. The Hall–Kier alpha value is -3.26. The van der Waals surface area contributed by atoms with E-state index >= 15 is 0 Å². The maximum Gasteiger partial charge on any atom is 0.262 e. The molecule has 0 aliphatic carbocycles. The molecule has 25 heavy (non-hydrogen) atoms. The molecular formula is C20H20N2O3. The van der Waals surface area contributed by atoms with Gasteiger partial charge in [0.2, 0.25) is 0 Å². The van der Waals surface area contributed by atoms with Crippen molar-refractivity contribution in [1.29, 1.82) is 5.26 Å². The van der Waals surface area contributed by atoms with Crippen molar-refractivity contribution in [2.24, 2.45) is 0 Å². The Balaban J connectivity index is 2.26. The van der Waals surface area contributed by atoms with E-state index in [1.54, 1.807) is 18.2 Å². The molecule has 128 valence electrons. The van der Waals surface area contributed by atoms with Gasteiger partial charge in [-0.05, 0) is 24.6 Å². The van der Waals surface area contributed by atoms with E-state index < -0.39 is 5.91 Å². The number of carbonyl (C=O) groups is 1. The Kier molecular flexibility index (Phi) is 6.19. The number of para-hydroxylation sites is 1. The second-order valence-electron chi connectivity index (χ2n) is 5.36. The van der Waals surface area contributed by atoms with Crippen LogP contribution in [0.4, 0.5) is 0 Å². The van der Waals surface area contributed by atoms with Gasteiger partial charge in [0.05, 0.1) is 20.3 Å². The van der Waals surface area contributed by atoms with Crippen molar-refractivity contribution >= 4 is 12.0 Å². The summed E-state index contributed by atoms with van der Waals surface area (Å²) in [5, 5.41) is 12.2. The molecule has 0 aliphatic heterocycles. The third-order valence-corrected chi connectivity index (χ3v) is 3.75. The van der Waals surface area contributed by atoms with Gasteiger partial charge in [-0.15, -0.1) is 0 Å². The van der Waals surface area contributed by atoms with Gasteiger partial charge in [0.1, 0.15) is 11.6 Å². The lowest BCUT2D eigenvalue weighted by Crippen LogP contribution is -2.27. The minimum Gasteiger partial charge on any atom is -0.493 e. The first-order valence-corrected chi connectivity index (χ1v) is 7.79. The summed E-state index contributed by atoms with van der Waals surface area (Å²) >= 11 is 0. The van der Waals surface area contributed by atoms with E-state index in [4.69, 9.17) is 9.47 Å². The number of carbonyl (C=O) groups excluding carboxylic acids is 1. The highest BCUT2D eigenvalue weighted by Crippen LogP contribution is 2.32. The van der Waals surface area contributed by atoms with Crippen molar-refractivity contribution in [2.75, 3.05) is 14.2 Å². The summed E-state index contributed by atoms with van der Waals surface area (Å²) in [6, 6.07) is 16.6. The molecule has 2 aromatic carbocycles. The zero-order valence-corrected chi connectivity index (χ0v) is 14.4. The number of nitrogens with zero attached hydrogens (tertiary/aromatic N) is 1. The topological polar surface area (TPSA) is 71.3 Å². The summed E-state index contributed by atoms with van der Waals surface area (Å²) < 4.78 is 10.6. The van der Waals surface area contributed by atoms with Crippen LogP contribution in [0.1, 0.15) is 24.1 Å². The number of rotatable bonds is 6. The molecule has 0 bridgehead atoms. The molecule has 2 aromatic rings. The van der Waals surface area contributed by atoms with Crippen LogP contribution in [0.3, 0.4) is 0 Å². The second kappa shape index (κ2) is 8.55. The molecule has 1 atom stereocenters. The second-order valence-corrected chi connectivity index (χ2v) is 5.36. The van der Waals surface area contributed by atoms with E-state index in [9.17, 15) is 10.1 Å². The van der Waals surface area contributed by atoms with Crippen molar-refractivity contribution in [3.05, 3.63) is 65.2 Å². The van der Waals surface area contributed by atoms with Gasteiger partial charge in [-0.1, -0.05) is 42.5 Å². The maximum atomic E-state index is 12.4. The third-order valence-electron chi connectivity index (χ3n) is 3.75. The predicted octanol–water partition coefficient (Wildman–Crippen LogP) is 3.49. The number of nitriles is 1. The molecular weight excluding hydrogens is 316 g/mol. The van der Waals surface area contributed by atoms with Crippen LogP contribution in [0.15, 0.2) is 54.1 Å². The molecule has 0 saturated heterocycles. The molecule has 0 heterocycles. The highest BCUT2D eigenvalue weighted by atomic mass is 16.5. The lowest BCUT2D eigenvalue weighted by molar-refractivity contribution is -0.117. The molecule has 1 N–H and O–H groups in total. The van der Waals surface area contributed by atoms with Gasteiger partial charge in [-0.3, -0.25) is 4.79 Å². The smallest absolute Gasteiger partial charge is 0.262 e. The van der Waals surface area contributed by atoms with Gasteiger partial charge >= 0.3 is 0 Å². The monoisotopic (exact) mass is 336 g/mol. The van der Waals surface area contributed by atoms with Crippen LogP contribution < -0.4 is 14.8 Å². The third kappa shape index (κ3) is 4.39. The Bertz CT molecular complexity index is 807. The SMILES string of the molecule is COc1cccc(/C=C(\C#N)C(=O)N[C@H](C)c2ccccc2)c1OC. The van der Waals surface area contributed by atoms with Gasteiger partial charge in [0.25, 0.3) is 5.91 Å². The molecule has 0 aliphatic rings. The van der Waals surface area contributed by atoms with E-state index in [1.807, 2.05) is 43.3 Å². The Morgan fingerprint density at radius 2 is 1.84 bits per heavy atom. The summed E-state index contributed by atoms with van der Waals surface area (Å²) in [6.45, 7) is 1.87.